The van der Waals surface area contributed by atoms with Gasteiger partial charge in [-0.1, -0.05) is 11.6 Å². The standard InChI is InChI=1S/C19H22BrClN2O5S/c1-23-7-6-13(11-23)28-16-8-12(4-5-15(16)21)22-29(24,25)19-10-18(27-3)17(26-2)9-14(19)20/h4-5,8-10,13,22H,6-7,11H2,1-3H3/t13-/m0/s1. The van der Waals surface area contributed by atoms with Crippen LogP contribution < -0.4 is 18.9 Å². The molecule has 0 bridgehead atoms. The topological polar surface area (TPSA) is 77.1 Å². The van der Waals surface area contributed by atoms with Gasteiger partial charge in [0.2, 0.25) is 0 Å². The summed E-state index contributed by atoms with van der Waals surface area (Å²) in [5, 5.41) is 0.426. The summed E-state index contributed by atoms with van der Waals surface area (Å²) >= 11 is 9.53. The number of benzene rings is 2. The Bertz CT molecular complexity index is 1000. The molecule has 0 spiro atoms. The van der Waals surface area contributed by atoms with Gasteiger partial charge in [-0.25, -0.2) is 8.42 Å². The lowest BCUT2D eigenvalue weighted by Gasteiger charge is -2.17. The largest absolute Gasteiger partial charge is 0.493 e. The maximum atomic E-state index is 13.0. The molecule has 158 valence electrons. The van der Waals surface area contributed by atoms with E-state index in [-0.39, 0.29) is 11.0 Å². The van der Waals surface area contributed by atoms with Gasteiger partial charge in [-0.05, 0) is 47.6 Å². The summed E-state index contributed by atoms with van der Waals surface area (Å²) in [5.41, 5.74) is 0.345. The molecule has 1 heterocycles. The SMILES string of the molecule is COc1cc(Br)c(S(=O)(=O)Nc2ccc(Cl)c(O[C@H]3CCN(C)C3)c2)cc1OC. The van der Waals surface area contributed by atoms with Crippen molar-refractivity contribution >= 4 is 43.2 Å². The van der Waals surface area contributed by atoms with Gasteiger partial charge >= 0.3 is 0 Å². The van der Waals surface area contributed by atoms with Crippen LogP contribution in [0.3, 0.4) is 0 Å². The van der Waals surface area contributed by atoms with Crippen molar-refractivity contribution in [3.8, 4) is 17.2 Å². The summed E-state index contributed by atoms with van der Waals surface area (Å²) in [6, 6.07) is 7.72. The Hall–Kier alpha value is -1.68. The van der Waals surface area contributed by atoms with E-state index in [9.17, 15) is 8.42 Å². The highest BCUT2D eigenvalue weighted by Gasteiger charge is 2.24. The maximum absolute atomic E-state index is 13.0. The Labute approximate surface area is 184 Å². The van der Waals surface area contributed by atoms with Crippen LogP contribution in [0.4, 0.5) is 5.69 Å². The average molecular weight is 506 g/mol. The predicted molar refractivity (Wildman–Crippen MR) is 116 cm³/mol. The van der Waals surface area contributed by atoms with E-state index in [2.05, 4.69) is 25.6 Å². The highest BCUT2D eigenvalue weighted by atomic mass is 79.9. The minimum atomic E-state index is -3.91. The van der Waals surface area contributed by atoms with Gasteiger partial charge in [-0.15, -0.1) is 0 Å². The molecule has 7 nitrogen and oxygen atoms in total. The number of ether oxygens (including phenoxy) is 3. The van der Waals surface area contributed by atoms with Crippen molar-refractivity contribution in [1.82, 2.24) is 4.90 Å². The molecule has 1 fully saturated rings. The van der Waals surface area contributed by atoms with Crippen LogP contribution in [0.2, 0.25) is 5.02 Å². The molecule has 0 unspecified atom stereocenters. The van der Waals surface area contributed by atoms with Gasteiger partial charge in [0.05, 0.1) is 24.9 Å². The van der Waals surface area contributed by atoms with E-state index in [1.165, 1.54) is 20.3 Å². The number of likely N-dealkylation sites (N-methyl/N-ethyl adjacent to an activating group) is 1. The first-order valence-corrected chi connectivity index (χ1v) is 11.5. The number of hydrogen-bond donors (Lipinski definition) is 1. The normalized spacial score (nSPS) is 17.2. The summed E-state index contributed by atoms with van der Waals surface area (Å²) in [6.07, 6.45) is 0.908. The molecule has 1 aliphatic rings. The number of nitrogens with one attached hydrogen (secondary N) is 1. The minimum absolute atomic E-state index is 0.0179. The molecule has 29 heavy (non-hydrogen) atoms. The van der Waals surface area contributed by atoms with Gasteiger partial charge in [-0.3, -0.25) is 4.72 Å². The molecule has 3 rings (SSSR count). The number of halogens is 2. The molecule has 1 aliphatic heterocycles. The predicted octanol–water partition coefficient (Wildman–Crippen LogP) is 4.00. The second-order valence-electron chi connectivity index (χ2n) is 6.68. The van der Waals surface area contributed by atoms with Crippen LogP contribution in [0, 0.1) is 0 Å². The molecular formula is C19H22BrClN2O5S. The summed E-state index contributed by atoms with van der Waals surface area (Å²) in [7, 11) is 1.04. The molecule has 0 amide bonds. The Balaban J connectivity index is 1.86. The van der Waals surface area contributed by atoms with Crippen molar-refractivity contribution in [2.75, 3.05) is 39.1 Å². The molecular weight excluding hydrogens is 484 g/mol. The molecule has 0 aliphatic carbocycles. The molecule has 0 saturated carbocycles. The van der Waals surface area contributed by atoms with Crippen LogP contribution >= 0.6 is 27.5 Å². The second-order valence-corrected chi connectivity index (χ2v) is 9.59. The fourth-order valence-electron chi connectivity index (χ4n) is 3.08. The third-order valence-corrected chi connectivity index (χ3v) is 7.20. The minimum Gasteiger partial charge on any atom is -0.493 e. The van der Waals surface area contributed by atoms with Crippen molar-refractivity contribution in [2.45, 2.75) is 17.4 Å². The molecule has 10 heteroatoms. The number of methoxy groups -OCH3 is 2. The lowest BCUT2D eigenvalue weighted by molar-refractivity contribution is 0.208. The fraction of sp³-hybridized carbons (Fsp3) is 0.368. The van der Waals surface area contributed by atoms with E-state index >= 15 is 0 Å². The van der Waals surface area contributed by atoms with Crippen molar-refractivity contribution in [1.29, 1.82) is 0 Å². The number of sulfonamides is 1. The number of anilines is 1. The summed E-state index contributed by atoms with van der Waals surface area (Å²) in [6.45, 7) is 1.74. The van der Waals surface area contributed by atoms with Gasteiger partial charge in [-0.2, -0.15) is 0 Å². The van der Waals surface area contributed by atoms with Crippen molar-refractivity contribution in [2.24, 2.45) is 0 Å². The van der Waals surface area contributed by atoms with Crippen LogP contribution in [0.15, 0.2) is 39.7 Å². The highest BCUT2D eigenvalue weighted by molar-refractivity contribution is 9.10. The van der Waals surface area contributed by atoms with Crippen LogP contribution in [0.5, 0.6) is 17.2 Å². The van der Waals surface area contributed by atoms with Crippen LogP contribution in [-0.4, -0.2) is 53.8 Å². The van der Waals surface area contributed by atoms with Crippen LogP contribution in [0.1, 0.15) is 6.42 Å². The third kappa shape index (κ3) is 5.09. The number of rotatable bonds is 7. The van der Waals surface area contributed by atoms with Crippen molar-refractivity contribution in [3.63, 3.8) is 0 Å². The molecule has 0 radical (unpaired) electrons. The first-order valence-electron chi connectivity index (χ1n) is 8.82. The van der Waals surface area contributed by atoms with Crippen LogP contribution in [0.25, 0.3) is 0 Å². The smallest absolute Gasteiger partial charge is 0.263 e. The van der Waals surface area contributed by atoms with E-state index in [0.717, 1.165) is 19.5 Å². The van der Waals surface area contributed by atoms with Gasteiger partial charge in [0.1, 0.15) is 16.7 Å². The average Bonchev–Trinajstić information content (AvgIpc) is 3.08. The third-order valence-electron chi connectivity index (χ3n) is 4.55. The lowest BCUT2D eigenvalue weighted by atomic mass is 10.3. The van der Waals surface area contributed by atoms with Gasteiger partial charge in [0.15, 0.2) is 11.5 Å². The molecule has 0 aromatic heterocycles. The van der Waals surface area contributed by atoms with E-state index in [1.54, 1.807) is 24.3 Å². The molecule has 1 N–H and O–H groups in total. The van der Waals surface area contributed by atoms with Gasteiger partial charge < -0.3 is 19.1 Å². The zero-order valence-corrected chi connectivity index (χ0v) is 19.4. The quantitative estimate of drug-likeness (QED) is 0.613. The first kappa shape index (κ1) is 22.0. The zero-order chi connectivity index (χ0) is 21.2. The van der Waals surface area contributed by atoms with E-state index in [1.807, 2.05) is 7.05 Å². The fourth-order valence-corrected chi connectivity index (χ4v) is 5.33. The molecule has 2 aromatic rings. The molecule has 2 aromatic carbocycles. The van der Waals surface area contributed by atoms with Crippen molar-refractivity contribution < 1.29 is 22.6 Å². The molecule has 1 saturated heterocycles. The summed E-state index contributed by atoms with van der Waals surface area (Å²) in [5.74, 6) is 1.17. The zero-order valence-electron chi connectivity index (χ0n) is 16.2. The number of likely N-dealkylation sites (tertiary alicyclic amines) is 1. The van der Waals surface area contributed by atoms with Gasteiger partial charge in [0.25, 0.3) is 10.0 Å². The lowest BCUT2D eigenvalue weighted by Crippen LogP contribution is -2.21. The van der Waals surface area contributed by atoms with Crippen molar-refractivity contribution in [3.05, 3.63) is 39.8 Å². The first-order chi connectivity index (χ1) is 13.7. The van der Waals surface area contributed by atoms with E-state index in [4.69, 9.17) is 25.8 Å². The van der Waals surface area contributed by atoms with E-state index in [0.29, 0.717) is 32.4 Å². The maximum Gasteiger partial charge on any atom is 0.263 e. The molecule has 1 atom stereocenters. The van der Waals surface area contributed by atoms with Crippen LogP contribution in [-0.2, 0) is 10.0 Å². The Morgan fingerprint density at radius 3 is 2.45 bits per heavy atom. The Kier molecular flexibility index (Phi) is 6.83. The van der Waals surface area contributed by atoms with Gasteiger partial charge in [0, 0.05) is 29.7 Å². The summed E-state index contributed by atoms with van der Waals surface area (Å²) in [4.78, 5) is 2.18. The monoisotopic (exact) mass is 504 g/mol. The highest BCUT2D eigenvalue weighted by Crippen LogP contribution is 2.37. The number of nitrogens with zero attached hydrogens (tertiary/aromatic N) is 1. The summed E-state index contributed by atoms with van der Waals surface area (Å²) < 4.78 is 45.2. The second kappa shape index (κ2) is 8.99. The number of hydrogen-bond acceptors (Lipinski definition) is 6. The Morgan fingerprint density at radius 1 is 1.14 bits per heavy atom. The Morgan fingerprint density at radius 2 is 1.83 bits per heavy atom. The van der Waals surface area contributed by atoms with E-state index < -0.39 is 10.0 Å².